The number of hydrogen-bond acceptors (Lipinski definition) is 2. The summed E-state index contributed by atoms with van der Waals surface area (Å²) in [7, 11) is 0.925. The lowest BCUT2D eigenvalue weighted by Gasteiger charge is -2.18. The van der Waals surface area contributed by atoms with Gasteiger partial charge in [-0.3, -0.25) is 4.21 Å². The van der Waals surface area contributed by atoms with E-state index in [0.29, 0.717) is 0 Å². The maximum Gasteiger partial charge on any atom is 0.0573 e. The molecule has 18 heavy (non-hydrogen) atoms. The van der Waals surface area contributed by atoms with Crippen molar-refractivity contribution in [3.8, 4) is 0 Å². The molecule has 1 N–H and O–H groups in total. The Hall–Kier alpha value is -1.19. The van der Waals surface area contributed by atoms with Gasteiger partial charge in [0.1, 0.15) is 0 Å². The number of nitrogens with one attached hydrogen (secondary N) is 1. The molecule has 0 saturated carbocycles. The third-order valence-electron chi connectivity index (χ3n) is 3.45. The second-order valence-electron chi connectivity index (χ2n) is 4.59. The zero-order valence-electron chi connectivity index (χ0n) is 11.0. The minimum atomic E-state index is -0.977. The van der Waals surface area contributed by atoms with Crippen molar-refractivity contribution in [2.45, 2.75) is 30.0 Å². The zero-order valence-corrected chi connectivity index (χ0v) is 11.8. The summed E-state index contributed by atoms with van der Waals surface area (Å²) in [5, 5.41) is 5.59. The summed E-state index contributed by atoms with van der Waals surface area (Å²) in [5.41, 5.74) is 0. The molecule has 3 heteroatoms. The lowest BCUT2D eigenvalue weighted by atomic mass is 10.1. The lowest BCUT2D eigenvalue weighted by Crippen LogP contribution is -2.35. The molecule has 2 aromatic carbocycles. The Kier molecular flexibility index (Phi) is 4.15. The van der Waals surface area contributed by atoms with Gasteiger partial charge in [0, 0.05) is 10.9 Å². The molecular weight excluding hydrogens is 242 g/mol. The van der Waals surface area contributed by atoms with Crippen molar-refractivity contribution in [3.05, 3.63) is 42.5 Å². The first-order chi connectivity index (χ1) is 8.63. The molecule has 0 bridgehead atoms. The van der Waals surface area contributed by atoms with Crippen molar-refractivity contribution < 1.29 is 4.21 Å². The Morgan fingerprint density at radius 3 is 2.39 bits per heavy atom. The Labute approximate surface area is 111 Å². The molecule has 2 nitrogen and oxygen atoms in total. The predicted octanol–water partition coefficient (Wildman–Crippen LogP) is 2.94. The fourth-order valence-corrected chi connectivity index (χ4v) is 3.31. The van der Waals surface area contributed by atoms with Crippen molar-refractivity contribution in [2.75, 3.05) is 7.05 Å². The molecule has 0 saturated heterocycles. The molecule has 2 rings (SSSR count). The van der Waals surface area contributed by atoms with Crippen molar-refractivity contribution in [1.82, 2.24) is 5.32 Å². The van der Waals surface area contributed by atoms with Crippen molar-refractivity contribution in [3.63, 3.8) is 0 Å². The molecule has 96 valence electrons. The molecule has 0 aliphatic rings. The van der Waals surface area contributed by atoms with Gasteiger partial charge in [-0.15, -0.1) is 0 Å². The van der Waals surface area contributed by atoms with E-state index >= 15 is 0 Å². The SMILES string of the molecule is CNC(C)C(C)S(=O)c1ccc2ccccc2c1. The molecule has 0 aliphatic carbocycles. The molecule has 3 atom stereocenters. The Bertz CT molecular complexity index is 567. The standard InChI is InChI=1S/C15H19NOS/c1-11(16-3)12(2)18(17)15-9-8-13-6-4-5-7-14(13)10-15/h4-12,16H,1-3H3. The smallest absolute Gasteiger partial charge is 0.0573 e. The first kappa shape index (κ1) is 13.2. The van der Waals surface area contributed by atoms with E-state index in [9.17, 15) is 4.21 Å². The number of benzene rings is 2. The maximum absolute atomic E-state index is 12.5. The first-order valence-corrected chi connectivity index (χ1v) is 7.41. The molecule has 0 aliphatic heterocycles. The molecule has 0 fully saturated rings. The van der Waals surface area contributed by atoms with E-state index in [0.717, 1.165) is 10.3 Å². The predicted molar refractivity (Wildman–Crippen MR) is 78.3 cm³/mol. The summed E-state index contributed by atoms with van der Waals surface area (Å²) < 4.78 is 12.5. The van der Waals surface area contributed by atoms with E-state index in [1.807, 2.05) is 44.3 Å². The van der Waals surface area contributed by atoms with Crippen LogP contribution < -0.4 is 5.32 Å². The normalized spacial score (nSPS) is 16.4. The first-order valence-electron chi connectivity index (χ1n) is 6.20. The molecule has 0 spiro atoms. The summed E-state index contributed by atoms with van der Waals surface area (Å²) in [4.78, 5) is 0.906. The number of hydrogen-bond donors (Lipinski definition) is 1. The third kappa shape index (κ3) is 2.62. The van der Waals surface area contributed by atoms with Gasteiger partial charge in [0.2, 0.25) is 0 Å². The molecule has 0 amide bonds. The van der Waals surface area contributed by atoms with Crippen LogP contribution in [0.4, 0.5) is 0 Å². The minimum absolute atomic E-state index is 0.0937. The lowest BCUT2D eigenvalue weighted by molar-refractivity contribution is 0.584. The highest BCUT2D eigenvalue weighted by atomic mass is 32.2. The van der Waals surface area contributed by atoms with E-state index in [1.165, 1.54) is 5.39 Å². The van der Waals surface area contributed by atoms with E-state index in [1.54, 1.807) is 0 Å². The quantitative estimate of drug-likeness (QED) is 0.917. The van der Waals surface area contributed by atoms with Gasteiger partial charge in [-0.2, -0.15) is 0 Å². The Morgan fingerprint density at radius 1 is 1.06 bits per heavy atom. The second kappa shape index (κ2) is 5.63. The fourth-order valence-electron chi connectivity index (χ4n) is 1.93. The van der Waals surface area contributed by atoms with Gasteiger partial charge in [-0.1, -0.05) is 30.3 Å². The van der Waals surface area contributed by atoms with Gasteiger partial charge in [0.15, 0.2) is 0 Å². The summed E-state index contributed by atoms with van der Waals surface area (Å²) in [6.45, 7) is 4.08. The van der Waals surface area contributed by atoms with E-state index in [2.05, 4.69) is 24.4 Å². The highest BCUT2D eigenvalue weighted by molar-refractivity contribution is 7.85. The van der Waals surface area contributed by atoms with Gasteiger partial charge in [0.25, 0.3) is 0 Å². The minimum Gasteiger partial charge on any atom is -0.316 e. The molecule has 3 unspecified atom stereocenters. The Morgan fingerprint density at radius 2 is 1.72 bits per heavy atom. The topological polar surface area (TPSA) is 29.1 Å². The average molecular weight is 261 g/mol. The van der Waals surface area contributed by atoms with Crippen LogP contribution in [0, 0.1) is 0 Å². The molecule has 0 radical (unpaired) electrons. The van der Waals surface area contributed by atoms with E-state index in [-0.39, 0.29) is 11.3 Å². The van der Waals surface area contributed by atoms with Crippen LogP contribution in [-0.4, -0.2) is 22.5 Å². The summed E-state index contributed by atoms with van der Waals surface area (Å²) >= 11 is 0. The fraction of sp³-hybridized carbons (Fsp3) is 0.333. The van der Waals surface area contributed by atoms with Gasteiger partial charge in [0.05, 0.1) is 16.0 Å². The molecule has 2 aromatic rings. The van der Waals surface area contributed by atoms with Crippen LogP contribution in [0.5, 0.6) is 0 Å². The van der Waals surface area contributed by atoms with Crippen LogP contribution in [0.25, 0.3) is 10.8 Å². The van der Waals surface area contributed by atoms with Gasteiger partial charge >= 0.3 is 0 Å². The number of fused-ring (bicyclic) bond motifs is 1. The van der Waals surface area contributed by atoms with Crippen LogP contribution in [0.3, 0.4) is 0 Å². The van der Waals surface area contributed by atoms with Crippen LogP contribution in [0.1, 0.15) is 13.8 Å². The largest absolute Gasteiger partial charge is 0.316 e. The third-order valence-corrected chi connectivity index (χ3v) is 5.25. The molecule has 0 aromatic heterocycles. The van der Waals surface area contributed by atoms with Gasteiger partial charge in [-0.05, 0) is 43.8 Å². The second-order valence-corrected chi connectivity index (χ2v) is 6.40. The van der Waals surface area contributed by atoms with E-state index < -0.39 is 10.8 Å². The van der Waals surface area contributed by atoms with Crippen LogP contribution >= 0.6 is 0 Å². The van der Waals surface area contributed by atoms with Crippen LogP contribution in [-0.2, 0) is 10.8 Å². The van der Waals surface area contributed by atoms with Crippen molar-refractivity contribution >= 4 is 21.6 Å². The summed E-state index contributed by atoms with van der Waals surface area (Å²) in [5.74, 6) is 0. The highest BCUT2D eigenvalue weighted by Gasteiger charge is 2.18. The Balaban J connectivity index is 2.33. The van der Waals surface area contributed by atoms with Crippen molar-refractivity contribution in [1.29, 1.82) is 0 Å². The highest BCUT2D eigenvalue weighted by Crippen LogP contribution is 2.20. The van der Waals surface area contributed by atoms with Gasteiger partial charge in [-0.25, -0.2) is 0 Å². The van der Waals surface area contributed by atoms with E-state index in [4.69, 9.17) is 0 Å². The summed E-state index contributed by atoms with van der Waals surface area (Å²) in [6.07, 6.45) is 0. The van der Waals surface area contributed by atoms with Crippen molar-refractivity contribution in [2.24, 2.45) is 0 Å². The molecular formula is C15H19NOS. The number of rotatable bonds is 4. The zero-order chi connectivity index (χ0) is 13.1. The average Bonchev–Trinajstić information content (AvgIpc) is 2.44. The summed E-state index contributed by atoms with van der Waals surface area (Å²) in [6, 6.07) is 14.4. The van der Waals surface area contributed by atoms with Crippen LogP contribution in [0.15, 0.2) is 47.4 Å². The molecule has 0 heterocycles. The maximum atomic E-state index is 12.5. The van der Waals surface area contributed by atoms with Gasteiger partial charge < -0.3 is 5.32 Å². The monoisotopic (exact) mass is 261 g/mol. The van der Waals surface area contributed by atoms with Crippen LogP contribution in [0.2, 0.25) is 0 Å².